The summed E-state index contributed by atoms with van der Waals surface area (Å²) in [4.78, 5) is 2.40. The molecule has 1 aliphatic heterocycles. The number of nitrogens with zero attached hydrogens (tertiary/aromatic N) is 1. The minimum absolute atomic E-state index is 0.754. The van der Waals surface area contributed by atoms with E-state index in [0.717, 1.165) is 18.4 Å². The van der Waals surface area contributed by atoms with Crippen LogP contribution in [0, 0.1) is 11.8 Å². The Morgan fingerprint density at radius 2 is 1.92 bits per heavy atom. The van der Waals surface area contributed by atoms with Crippen molar-refractivity contribution < 1.29 is 4.52 Å². The van der Waals surface area contributed by atoms with Crippen LogP contribution in [0.4, 0.5) is 0 Å². The molecule has 0 spiro atoms. The number of hydrogen-bond donors (Lipinski definition) is 0. The largest absolute Gasteiger partial charge is 0.306 e. The first-order chi connectivity index (χ1) is 5.88. The second kappa shape index (κ2) is 4.25. The molecule has 78 valence electrons. The summed E-state index contributed by atoms with van der Waals surface area (Å²) in [5.41, 5.74) is 0. The van der Waals surface area contributed by atoms with Gasteiger partial charge in [0.15, 0.2) is 0 Å². The first-order valence-electron chi connectivity index (χ1n) is 5.03. The molecular formula is C10H23NOP+. The molecule has 1 heterocycles. The van der Waals surface area contributed by atoms with Crippen molar-refractivity contribution in [1.82, 2.24) is 4.90 Å². The highest BCUT2D eigenvalue weighted by Crippen LogP contribution is 2.48. The quantitative estimate of drug-likeness (QED) is 0.652. The molecule has 3 heteroatoms. The zero-order chi connectivity index (χ0) is 10.1. The molecule has 0 aromatic carbocycles. The van der Waals surface area contributed by atoms with Crippen LogP contribution in [0.2, 0.25) is 0 Å². The van der Waals surface area contributed by atoms with Crippen molar-refractivity contribution in [3.05, 3.63) is 0 Å². The monoisotopic (exact) mass is 204 g/mol. The van der Waals surface area contributed by atoms with Gasteiger partial charge in [0.1, 0.15) is 7.49 Å². The van der Waals surface area contributed by atoms with Gasteiger partial charge in [0, 0.05) is 19.0 Å². The number of rotatable bonds is 3. The Kier molecular flexibility index (Phi) is 3.73. The molecule has 13 heavy (non-hydrogen) atoms. The van der Waals surface area contributed by atoms with E-state index in [0.29, 0.717) is 0 Å². The van der Waals surface area contributed by atoms with Gasteiger partial charge in [0.2, 0.25) is 0 Å². The maximum Gasteiger partial charge on any atom is 0.136 e. The second-order valence-corrected chi connectivity index (χ2v) is 9.18. The third-order valence-corrected chi connectivity index (χ3v) is 3.55. The van der Waals surface area contributed by atoms with Crippen LogP contribution in [-0.2, 0) is 4.52 Å². The van der Waals surface area contributed by atoms with Gasteiger partial charge < -0.3 is 4.90 Å². The number of likely N-dealkylation sites (tertiary alicyclic amines) is 1. The van der Waals surface area contributed by atoms with Crippen LogP contribution >= 0.6 is 7.49 Å². The van der Waals surface area contributed by atoms with E-state index in [1.807, 2.05) is 0 Å². The highest BCUT2D eigenvalue weighted by atomic mass is 31.2. The van der Waals surface area contributed by atoms with Gasteiger partial charge in [-0.05, 0) is 13.0 Å². The third-order valence-electron chi connectivity index (χ3n) is 2.63. The Labute approximate surface area is 83.1 Å². The first-order valence-corrected chi connectivity index (χ1v) is 8.08. The summed E-state index contributed by atoms with van der Waals surface area (Å²) in [7, 11) is 1.16. The summed E-state index contributed by atoms with van der Waals surface area (Å²) in [6.45, 7) is 12.4. The average Bonchev–Trinajstić information content (AvgIpc) is 2.24. The van der Waals surface area contributed by atoms with Crippen molar-refractivity contribution in [2.24, 2.45) is 11.8 Å². The van der Waals surface area contributed by atoms with Crippen LogP contribution in [0.1, 0.15) is 6.92 Å². The minimum Gasteiger partial charge on any atom is -0.306 e. The molecule has 1 saturated heterocycles. The van der Waals surface area contributed by atoms with E-state index in [1.165, 1.54) is 13.1 Å². The molecule has 1 aliphatic rings. The second-order valence-electron chi connectivity index (χ2n) is 5.14. The van der Waals surface area contributed by atoms with Gasteiger partial charge in [-0.3, -0.25) is 0 Å². The van der Waals surface area contributed by atoms with E-state index in [1.54, 1.807) is 0 Å². The predicted octanol–water partition coefficient (Wildman–Crippen LogP) is 2.02. The third kappa shape index (κ3) is 3.93. The lowest BCUT2D eigenvalue weighted by Crippen LogP contribution is -2.17. The molecule has 0 amide bonds. The Bertz CT molecular complexity index is 167. The summed E-state index contributed by atoms with van der Waals surface area (Å²) in [5.74, 6) is 1.56. The Hall–Kier alpha value is 0.350. The van der Waals surface area contributed by atoms with E-state index in [-0.39, 0.29) is 0 Å². The van der Waals surface area contributed by atoms with Gasteiger partial charge in [0.25, 0.3) is 0 Å². The van der Waals surface area contributed by atoms with Crippen LogP contribution in [0.5, 0.6) is 0 Å². The maximum absolute atomic E-state index is 5.92. The van der Waals surface area contributed by atoms with E-state index < -0.39 is 7.49 Å². The molecule has 0 bridgehead atoms. The average molecular weight is 204 g/mol. The van der Waals surface area contributed by atoms with Crippen LogP contribution in [0.15, 0.2) is 0 Å². The van der Waals surface area contributed by atoms with E-state index in [4.69, 9.17) is 4.52 Å². The standard InChI is InChI=1S/C10H23NOP/c1-9-6-11(2)7-10(9)8-12-13(3,4)5/h9-10H,6-8H2,1-5H3/q+1. The van der Waals surface area contributed by atoms with E-state index in [9.17, 15) is 0 Å². The minimum atomic E-state index is -1.03. The van der Waals surface area contributed by atoms with Gasteiger partial charge in [-0.15, -0.1) is 0 Å². The van der Waals surface area contributed by atoms with Crippen molar-refractivity contribution in [1.29, 1.82) is 0 Å². The van der Waals surface area contributed by atoms with Gasteiger partial charge >= 0.3 is 0 Å². The fourth-order valence-corrected chi connectivity index (χ4v) is 2.47. The lowest BCUT2D eigenvalue weighted by molar-refractivity contribution is 0.245. The fraction of sp³-hybridized carbons (Fsp3) is 1.00. The molecule has 2 nitrogen and oxygen atoms in total. The van der Waals surface area contributed by atoms with Crippen molar-refractivity contribution >= 4 is 7.49 Å². The van der Waals surface area contributed by atoms with Crippen LogP contribution in [0.3, 0.4) is 0 Å². The summed E-state index contributed by atoms with van der Waals surface area (Å²) < 4.78 is 5.92. The molecule has 0 aromatic rings. The molecule has 0 aromatic heterocycles. The SMILES string of the molecule is CC1CN(C)CC1CO[P+](C)(C)C. The Balaban J connectivity index is 2.30. The molecule has 2 unspecified atom stereocenters. The normalized spacial score (nSPS) is 31.2. The smallest absolute Gasteiger partial charge is 0.136 e. The number of hydrogen-bond acceptors (Lipinski definition) is 2. The van der Waals surface area contributed by atoms with Gasteiger partial charge in [0.05, 0.1) is 26.6 Å². The van der Waals surface area contributed by atoms with E-state index >= 15 is 0 Å². The van der Waals surface area contributed by atoms with Gasteiger partial charge in [-0.1, -0.05) is 6.92 Å². The molecule has 2 atom stereocenters. The molecule has 1 rings (SSSR count). The van der Waals surface area contributed by atoms with Crippen LogP contribution < -0.4 is 0 Å². The lowest BCUT2D eigenvalue weighted by atomic mass is 10.00. The Morgan fingerprint density at radius 3 is 2.31 bits per heavy atom. The zero-order valence-electron chi connectivity index (χ0n) is 9.58. The van der Waals surface area contributed by atoms with Gasteiger partial charge in [-0.2, -0.15) is 0 Å². The molecule has 0 aliphatic carbocycles. The lowest BCUT2D eigenvalue weighted by Gasteiger charge is -2.17. The Morgan fingerprint density at radius 1 is 1.31 bits per heavy atom. The van der Waals surface area contributed by atoms with Gasteiger partial charge in [-0.25, -0.2) is 4.52 Å². The van der Waals surface area contributed by atoms with E-state index in [2.05, 4.69) is 38.9 Å². The van der Waals surface area contributed by atoms with Crippen molar-refractivity contribution in [3.63, 3.8) is 0 Å². The molecule has 0 N–H and O–H groups in total. The van der Waals surface area contributed by atoms with Crippen LogP contribution in [-0.4, -0.2) is 51.6 Å². The predicted molar refractivity (Wildman–Crippen MR) is 60.8 cm³/mol. The van der Waals surface area contributed by atoms with Crippen molar-refractivity contribution in [2.45, 2.75) is 6.92 Å². The molecule has 0 saturated carbocycles. The molecule has 1 fully saturated rings. The summed E-state index contributed by atoms with van der Waals surface area (Å²) in [6.07, 6.45) is 0. The first kappa shape index (κ1) is 11.4. The van der Waals surface area contributed by atoms with Crippen molar-refractivity contribution in [2.75, 3.05) is 46.7 Å². The highest BCUT2D eigenvalue weighted by Gasteiger charge is 2.30. The summed E-state index contributed by atoms with van der Waals surface area (Å²) in [5, 5.41) is 0. The van der Waals surface area contributed by atoms with Crippen LogP contribution in [0.25, 0.3) is 0 Å². The summed E-state index contributed by atoms with van der Waals surface area (Å²) >= 11 is 0. The highest BCUT2D eigenvalue weighted by molar-refractivity contribution is 7.69. The zero-order valence-corrected chi connectivity index (χ0v) is 10.5. The maximum atomic E-state index is 5.92. The molecular weight excluding hydrogens is 181 g/mol. The molecule has 0 radical (unpaired) electrons. The fourth-order valence-electron chi connectivity index (χ4n) is 1.83. The topological polar surface area (TPSA) is 12.5 Å². The summed E-state index contributed by atoms with van der Waals surface area (Å²) in [6, 6.07) is 0. The van der Waals surface area contributed by atoms with Crippen molar-refractivity contribution in [3.8, 4) is 0 Å².